The maximum Gasteiger partial charge on any atom is 0.412 e. The average molecular weight is 437 g/mol. The Kier molecular flexibility index (Phi) is 7.81. The molecule has 0 radical (unpaired) electrons. The molecule has 2 atom stereocenters. The third-order valence-electron chi connectivity index (χ3n) is 5.15. The molecule has 0 saturated carbocycles. The third kappa shape index (κ3) is 5.43. The van der Waals surface area contributed by atoms with Crippen LogP contribution >= 0.6 is 0 Å². The number of ketones is 1. The molecule has 32 heavy (non-hydrogen) atoms. The van der Waals surface area contributed by atoms with Gasteiger partial charge in [0.1, 0.15) is 11.9 Å². The Labute approximate surface area is 186 Å². The summed E-state index contributed by atoms with van der Waals surface area (Å²) < 4.78 is 11.6. The SMILES string of the molecule is CCO[C@H](CCO)[C@H](OC(=O)Nc1ccc(C(C)=O)cc1)c1ccc(O)c2ccccc12. The van der Waals surface area contributed by atoms with Gasteiger partial charge in [0.25, 0.3) is 0 Å². The number of hydrogen-bond donors (Lipinski definition) is 3. The highest BCUT2D eigenvalue weighted by Crippen LogP contribution is 2.35. The van der Waals surface area contributed by atoms with E-state index in [-0.39, 0.29) is 24.6 Å². The summed E-state index contributed by atoms with van der Waals surface area (Å²) in [5, 5.41) is 23.8. The Balaban J connectivity index is 1.92. The van der Waals surface area contributed by atoms with Gasteiger partial charge in [0.2, 0.25) is 0 Å². The Hall–Kier alpha value is -3.42. The van der Waals surface area contributed by atoms with E-state index < -0.39 is 18.3 Å². The fourth-order valence-corrected chi connectivity index (χ4v) is 3.61. The Morgan fingerprint density at radius 3 is 2.31 bits per heavy atom. The van der Waals surface area contributed by atoms with Crippen LogP contribution in [0.5, 0.6) is 5.75 Å². The van der Waals surface area contributed by atoms with Crippen molar-refractivity contribution in [2.45, 2.75) is 32.5 Å². The van der Waals surface area contributed by atoms with Crippen LogP contribution in [0, 0.1) is 0 Å². The quantitative estimate of drug-likeness (QED) is 0.414. The van der Waals surface area contributed by atoms with Crippen molar-refractivity contribution < 1.29 is 29.3 Å². The molecule has 3 rings (SSSR count). The van der Waals surface area contributed by atoms with E-state index in [1.807, 2.05) is 25.1 Å². The van der Waals surface area contributed by atoms with Gasteiger partial charge in [0, 0.05) is 41.8 Å². The molecule has 0 unspecified atom stereocenters. The molecule has 0 aliphatic carbocycles. The average Bonchev–Trinajstić information content (AvgIpc) is 2.78. The van der Waals surface area contributed by atoms with Crippen molar-refractivity contribution in [2.75, 3.05) is 18.5 Å². The molecule has 0 aliphatic heterocycles. The second kappa shape index (κ2) is 10.7. The number of benzene rings is 3. The highest BCUT2D eigenvalue weighted by molar-refractivity contribution is 5.95. The predicted octanol–water partition coefficient (Wildman–Crippen LogP) is 4.83. The normalized spacial score (nSPS) is 12.8. The minimum absolute atomic E-state index is 0.0676. The fraction of sp³-hybridized carbons (Fsp3) is 0.280. The minimum atomic E-state index is -0.830. The van der Waals surface area contributed by atoms with Gasteiger partial charge in [-0.15, -0.1) is 0 Å². The van der Waals surface area contributed by atoms with Crippen LogP contribution in [-0.2, 0) is 9.47 Å². The van der Waals surface area contributed by atoms with Crippen molar-refractivity contribution in [3.05, 3.63) is 71.8 Å². The number of aromatic hydroxyl groups is 1. The minimum Gasteiger partial charge on any atom is -0.507 e. The van der Waals surface area contributed by atoms with E-state index >= 15 is 0 Å². The van der Waals surface area contributed by atoms with Crippen molar-refractivity contribution in [3.8, 4) is 5.75 Å². The van der Waals surface area contributed by atoms with E-state index in [0.29, 0.717) is 28.8 Å². The number of nitrogens with one attached hydrogen (secondary N) is 1. The molecular formula is C25H27NO6. The molecule has 1 amide bonds. The van der Waals surface area contributed by atoms with Gasteiger partial charge in [-0.05, 0) is 49.6 Å². The summed E-state index contributed by atoms with van der Waals surface area (Å²) in [6.45, 7) is 3.52. The van der Waals surface area contributed by atoms with Gasteiger partial charge >= 0.3 is 6.09 Å². The van der Waals surface area contributed by atoms with Crippen LogP contribution in [0.1, 0.15) is 42.3 Å². The fourth-order valence-electron chi connectivity index (χ4n) is 3.61. The number of amides is 1. The standard InChI is InChI=1S/C25H27NO6/c1-3-31-23(14-15-27)24(21-12-13-22(29)20-7-5-4-6-19(20)21)32-25(30)26-18-10-8-17(9-11-18)16(2)28/h4-13,23-24,27,29H,3,14-15H2,1-2H3,(H,26,30)/t23-,24-/m1/s1. The lowest BCUT2D eigenvalue weighted by molar-refractivity contribution is -0.0478. The molecule has 0 heterocycles. The number of phenolic OH excluding ortho intramolecular Hbond substituents is 1. The molecule has 0 bridgehead atoms. The van der Waals surface area contributed by atoms with Crippen LogP contribution in [0.25, 0.3) is 10.8 Å². The second-order valence-electron chi connectivity index (χ2n) is 7.31. The Morgan fingerprint density at radius 2 is 1.69 bits per heavy atom. The molecule has 7 heteroatoms. The predicted molar refractivity (Wildman–Crippen MR) is 122 cm³/mol. The largest absolute Gasteiger partial charge is 0.507 e. The number of hydrogen-bond acceptors (Lipinski definition) is 6. The number of fused-ring (bicyclic) bond motifs is 1. The Morgan fingerprint density at radius 1 is 1.00 bits per heavy atom. The van der Waals surface area contributed by atoms with Crippen LogP contribution in [0.2, 0.25) is 0 Å². The molecule has 3 N–H and O–H groups in total. The van der Waals surface area contributed by atoms with Crippen LogP contribution in [0.4, 0.5) is 10.5 Å². The van der Waals surface area contributed by atoms with Crippen LogP contribution < -0.4 is 5.32 Å². The first-order valence-electron chi connectivity index (χ1n) is 10.5. The van der Waals surface area contributed by atoms with Crippen molar-refractivity contribution >= 4 is 28.3 Å². The zero-order valence-corrected chi connectivity index (χ0v) is 18.1. The maximum atomic E-state index is 12.8. The summed E-state index contributed by atoms with van der Waals surface area (Å²) in [6.07, 6.45) is -1.87. The zero-order valence-electron chi connectivity index (χ0n) is 18.1. The zero-order chi connectivity index (χ0) is 23.1. The first-order chi connectivity index (χ1) is 15.4. The molecule has 0 aromatic heterocycles. The molecule has 0 fully saturated rings. The number of Topliss-reactive ketones (excluding diaryl/α,β-unsaturated/α-hetero) is 1. The monoisotopic (exact) mass is 437 g/mol. The summed E-state index contributed by atoms with van der Waals surface area (Å²) in [5.41, 5.74) is 1.67. The second-order valence-corrected chi connectivity index (χ2v) is 7.31. The molecular weight excluding hydrogens is 410 g/mol. The highest BCUT2D eigenvalue weighted by Gasteiger charge is 2.29. The molecule has 0 saturated heterocycles. The number of aliphatic hydroxyl groups excluding tert-OH is 1. The first-order valence-corrected chi connectivity index (χ1v) is 10.5. The molecule has 7 nitrogen and oxygen atoms in total. The molecule has 168 valence electrons. The number of ether oxygens (including phenoxy) is 2. The van der Waals surface area contributed by atoms with Gasteiger partial charge < -0.3 is 19.7 Å². The third-order valence-corrected chi connectivity index (χ3v) is 5.15. The smallest absolute Gasteiger partial charge is 0.412 e. The maximum absolute atomic E-state index is 12.8. The number of anilines is 1. The van der Waals surface area contributed by atoms with E-state index in [0.717, 1.165) is 5.39 Å². The van der Waals surface area contributed by atoms with Crippen molar-refractivity contribution in [3.63, 3.8) is 0 Å². The molecule has 0 spiro atoms. The lowest BCUT2D eigenvalue weighted by Gasteiger charge is -2.28. The number of carbonyl (C=O) groups excluding carboxylic acids is 2. The lowest BCUT2D eigenvalue weighted by atomic mass is 9.95. The molecule has 3 aromatic carbocycles. The van der Waals surface area contributed by atoms with E-state index in [1.165, 1.54) is 6.92 Å². The van der Waals surface area contributed by atoms with Gasteiger partial charge in [-0.2, -0.15) is 0 Å². The van der Waals surface area contributed by atoms with E-state index in [1.54, 1.807) is 42.5 Å². The number of carbonyl (C=O) groups is 2. The molecule has 0 aliphatic rings. The summed E-state index contributed by atoms with van der Waals surface area (Å²) in [5.74, 6) is 0.0511. The van der Waals surface area contributed by atoms with Gasteiger partial charge in [-0.25, -0.2) is 4.79 Å². The molecule has 3 aromatic rings. The summed E-state index contributed by atoms with van der Waals surface area (Å²) in [4.78, 5) is 24.2. The summed E-state index contributed by atoms with van der Waals surface area (Å²) in [7, 11) is 0. The van der Waals surface area contributed by atoms with Crippen molar-refractivity contribution in [2.24, 2.45) is 0 Å². The van der Waals surface area contributed by atoms with Crippen molar-refractivity contribution in [1.82, 2.24) is 0 Å². The first kappa shape index (κ1) is 23.2. The number of rotatable bonds is 9. The van der Waals surface area contributed by atoms with Gasteiger partial charge in [0.15, 0.2) is 11.9 Å². The Bertz CT molecular complexity index is 1070. The highest BCUT2D eigenvalue weighted by atomic mass is 16.6. The van der Waals surface area contributed by atoms with Crippen molar-refractivity contribution in [1.29, 1.82) is 0 Å². The van der Waals surface area contributed by atoms with Crippen LogP contribution in [0.15, 0.2) is 60.7 Å². The lowest BCUT2D eigenvalue weighted by Crippen LogP contribution is -2.30. The van der Waals surface area contributed by atoms with E-state index in [9.17, 15) is 19.8 Å². The summed E-state index contributed by atoms with van der Waals surface area (Å²) >= 11 is 0. The van der Waals surface area contributed by atoms with Crippen LogP contribution in [0.3, 0.4) is 0 Å². The van der Waals surface area contributed by atoms with Gasteiger partial charge in [-0.1, -0.05) is 30.3 Å². The van der Waals surface area contributed by atoms with Gasteiger partial charge in [0.05, 0.1) is 0 Å². The van der Waals surface area contributed by atoms with Gasteiger partial charge in [-0.3, -0.25) is 10.1 Å². The topological polar surface area (TPSA) is 105 Å². The van der Waals surface area contributed by atoms with E-state index in [4.69, 9.17) is 9.47 Å². The van der Waals surface area contributed by atoms with E-state index in [2.05, 4.69) is 5.32 Å². The summed E-state index contributed by atoms with van der Waals surface area (Å²) in [6, 6.07) is 17.0. The number of aliphatic hydroxyl groups is 1. The number of phenols is 1. The van der Waals surface area contributed by atoms with Crippen LogP contribution in [-0.4, -0.2) is 41.4 Å².